The number of rotatable bonds is 5. The van der Waals surface area contributed by atoms with Crippen LogP contribution < -0.4 is 0 Å². The van der Waals surface area contributed by atoms with E-state index >= 15 is 0 Å². The Balaban J connectivity index is 1.64. The van der Waals surface area contributed by atoms with Gasteiger partial charge in [-0.2, -0.15) is 0 Å². The van der Waals surface area contributed by atoms with Gasteiger partial charge < -0.3 is 4.74 Å². The molecule has 2 bridgehead atoms. The fraction of sp³-hybridized carbons (Fsp3) is 0.526. The maximum atomic E-state index is 12.8. The molecule has 0 spiro atoms. The van der Waals surface area contributed by atoms with Gasteiger partial charge in [0.1, 0.15) is 0 Å². The van der Waals surface area contributed by atoms with Crippen molar-refractivity contribution in [2.24, 2.45) is 5.41 Å². The number of aryl methyl sites for hydroxylation is 1. The summed E-state index contributed by atoms with van der Waals surface area (Å²) in [5.41, 5.74) is 4.68. The molecule has 25 heavy (non-hydrogen) atoms. The number of nitrogens with zero attached hydrogens (tertiary/aromatic N) is 3. The van der Waals surface area contributed by atoms with Crippen LogP contribution in [0.1, 0.15) is 36.2 Å². The third-order valence-corrected chi connectivity index (χ3v) is 6.56. The van der Waals surface area contributed by atoms with E-state index in [-0.39, 0.29) is 12.0 Å². The molecule has 2 aliphatic heterocycles. The fourth-order valence-electron chi connectivity index (χ4n) is 4.76. The molecule has 4 rings (SSSR count). The Bertz CT molecular complexity index is 764. The van der Waals surface area contributed by atoms with Gasteiger partial charge in [-0.1, -0.05) is 6.07 Å². The third-order valence-electron chi connectivity index (χ3n) is 5.92. The van der Waals surface area contributed by atoms with Gasteiger partial charge in [0.2, 0.25) is 0 Å². The summed E-state index contributed by atoms with van der Waals surface area (Å²) in [6.45, 7) is 2.90. The highest BCUT2D eigenvalue weighted by Crippen LogP contribution is 2.52. The van der Waals surface area contributed by atoms with E-state index in [1.54, 1.807) is 11.3 Å². The number of methoxy groups -OCH3 is 1. The van der Waals surface area contributed by atoms with Gasteiger partial charge in [0, 0.05) is 42.3 Å². The molecular weight excluding hydrogens is 334 g/mol. The minimum absolute atomic E-state index is 0.0828. The summed E-state index contributed by atoms with van der Waals surface area (Å²) in [6.07, 6.45) is 5.56. The molecule has 0 radical (unpaired) electrons. The van der Waals surface area contributed by atoms with Gasteiger partial charge in [0.15, 0.2) is 0 Å². The van der Waals surface area contributed by atoms with Crippen molar-refractivity contribution in [3.63, 3.8) is 0 Å². The van der Waals surface area contributed by atoms with Gasteiger partial charge >= 0.3 is 5.97 Å². The molecule has 2 aromatic heterocycles. The van der Waals surface area contributed by atoms with Crippen molar-refractivity contribution in [1.29, 1.82) is 0 Å². The molecule has 3 atom stereocenters. The van der Waals surface area contributed by atoms with E-state index in [4.69, 9.17) is 4.74 Å². The number of pyridine rings is 1. The number of carbonyl (C=O) groups excluding carboxylic acids is 1. The van der Waals surface area contributed by atoms with Crippen molar-refractivity contribution < 1.29 is 9.53 Å². The molecule has 0 aliphatic carbocycles. The largest absolute Gasteiger partial charge is 0.469 e. The minimum Gasteiger partial charge on any atom is -0.469 e. The fourth-order valence-corrected chi connectivity index (χ4v) is 5.32. The third kappa shape index (κ3) is 2.77. The lowest BCUT2D eigenvalue weighted by Crippen LogP contribution is -2.45. The van der Waals surface area contributed by atoms with Crippen LogP contribution in [0.15, 0.2) is 29.2 Å². The number of ether oxygens (including phenoxy) is 1. The smallest absolute Gasteiger partial charge is 0.313 e. The van der Waals surface area contributed by atoms with Crippen LogP contribution in [0.3, 0.4) is 0 Å². The first-order chi connectivity index (χ1) is 12.1. The van der Waals surface area contributed by atoms with Crippen LogP contribution in [0.4, 0.5) is 0 Å². The molecule has 2 aromatic rings. The molecule has 0 unspecified atom stereocenters. The van der Waals surface area contributed by atoms with Crippen LogP contribution in [-0.2, 0) is 22.5 Å². The van der Waals surface area contributed by atoms with Gasteiger partial charge in [0.05, 0.1) is 23.7 Å². The van der Waals surface area contributed by atoms with E-state index in [0.29, 0.717) is 12.5 Å². The summed E-state index contributed by atoms with van der Waals surface area (Å²) >= 11 is 1.58. The predicted molar refractivity (Wildman–Crippen MR) is 96.2 cm³/mol. The van der Waals surface area contributed by atoms with E-state index in [1.165, 1.54) is 12.7 Å². The molecule has 4 heterocycles. The summed E-state index contributed by atoms with van der Waals surface area (Å²) in [5, 5.41) is 2.05. The number of hydrogen-bond acceptors (Lipinski definition) is 6. The summed E-state index contributed by atoms with van der Waals surface area (Å²) in [4.78, 5) is 24.2. The van der Waals surface area contributed by atoms with Gasteiger partial charge in [0.25, 0.3) is 0 Å². The quantitative estimate of drug-likeness (QED) is 0.770. The van der Waals surface area contributed by atoms with Crippen LogP contribution in [0.5, 0.6) is 0 Å². The second-order valence-corrected chi connectivity index (χ2v) is 7.89. The number of hydrogen-bond donors (Lipinski definition) is 0. The monoisotopic (exact) mass is 357 g/mol. The Kier molecular flexibility index (Phi) is 4.33. The Hall–Kier alpha value is -1.79. The molecule has 0 amide bonds. The Labute approximate surface area is 152 Å². The maximum Gasteiger partial charge on any atom is 0.313 e. The summed E-state index contributed by atoms with van der Waals surface area (Å²) in [5.74, 6) is -0.0828. The molecule has 0 N–H and O–H groups in total. The summed E-state index contributed by atoms with van der Waals surface area (Å²) < 4.78 is 5.26. The zero-order valence-corrected chi connectivity index (χ0v) is 15.5. The summed E-state index contributed by atoms with van der Waals surface area (Å²) in [7, 11) is 1.51. The van der Waals surface area contributed by atoms with Crippen molar-refractivity contribution in [3.8, 4) is 0 Å². The van der Waals surface area contributed by atoms with Crippen LogP contribution in [-0.4, -0.2) is 40.0 Å². The van der Waals surface area contributed by atoms with Gasteiger partial charge in [-0.3, -0.25) is 14.7 Å². The first-order valence-corrected chi connectivity index (χ1v) is 9.70. The number of esters is 1. The van der Waals surface area contributed by atoms with E-state index in [9.17, 15) is 4.79 Å². The topological polar surface area (TPSA) is 55.3 Å². The molecule has 2 aliphatic rings. The molecule has 6 heteroatoms. The molecule has 0 aromatic carbocycles. The average Bonchev–Trinajstić information content (AvgIpc) is 3.33. The number of thiazole rings is 1. The SMILES string of the molecule is COC(=O)[C@@]1(Cc2cscn2)C[C@H]2CC[C@@H]1N2Cc1cccnc1C. The average molecular weight is 357 g/mol. The molecular formula is C19H23N3O2S. The summed E-state index contributed by atoms with van der Waals surface area (Å²) in [6, 6.07) is 4.78. The van der Waals surface area contributed by atoms with Crippen LogP contribution in [0, 0.1) is 12.3 Å². The lowest BCUT2D eigenvalue weighted by Gasteiger charge is -2.34. The zero-order valence-electron chi connectivity index (χ0n) is 14.6. The van der Waals surface area contributed by atoms with Crippen molar-refractivity contribution in [2.45, 2.75) is 51.2 Å². The molecule has 2 saturated heterocycles. The van der Waals surface area contributed by atoms with Crippen LogP contribution in [0.25, 0.3) is 0 Å². The lowest BCUT2D eigenvalue weighted by molar-refractivity contribution is -0.155. The normalized spacial score (nSPS) is 28.4. The zero-order chi connectivity index (χ0) is 17.4. The number of aromatic nitrogens is 2. The second-order valence-electron chi connectivity index (χ2n) is 7.18. The standard InChI is InChI=1S/C19H23N3O2S/c1-13-14(4-3-7-20-13)10-22-16-5-6-17(22)19(9-16,18(23)24-2)8-15-11-25-12-21-15/h3-4,7,11-12,16-17H,5-6,8-10H2,1-2H3/t16-,17+,19+/m1/s1. The maximum absolute atomic E-state index is 12.8. The van der Waals surface area contributed by atoms with Gasteiger partial charge in [-0.05, 0) is 37.8 Å². The highest BCUT2D eigenvalue weighted by Gasteiger charge is 2.60. The van der Waals surface area contributed by atoms with E-state index < -0.39 is 5.41 Å². The van der Waals surface area contributed by atoms with Crippen molar-refractivity contribution in [3.05, 3.63) is 46.2 Å². The highest BCUT2D eigenvalue weighted by molar-refractivity contribution is 7.07. The van der Waals surface area contributed by atoms with Gasteiger partial charge in [-0.25, -0.2) is 4.98 Å². The number of carbonyl (C=O) groups is 1. The van der Waals surface area contributed by atoms with Crippen molar-refractivity contribution >= 4 is 17.3 Å². The molecule has 0 saturated carbocycles. The predicted octanol–water partition coefficient (Wildman–Crippen LogP) is 2.99. The first-order valence-electron chi connectivity index (χ1n) is 8.76. The second kappa shape index (κ2) is 6.50. The lowest BCUT2D eigenvalue weighted by atomic mass is 9.71. The first kappa shape index (κ1) is 16.7. The molecule has 132 valence electrons. The van der Waals surface area contributed by atoms with E-state index in [1.807, 2.05) is 23.2 Å². The number of fused-ring (bicyclic) bond motifs is 2. The van der Waals surface area contributed by atoms with E-state index in [2.05, 4.69) is 27.9 Å². The van der Waals surface area contributed by atoms with E-state index in [0.717, 1.165) is 37.2 Å². The minimum atomic E-state index is -0.470. The molecule has 2 fully saturated rings. The van der Waals surface area contributed by atoms with Crippen LogP contribution >= 0.6 is 11.3 Å². The Morgan fingerprint density at radius 3 is 3.04 bits per heavy atom. The Morgan fingerprint density at radius 2 is 2.32 bits per heavy atom. The molecule has 5 nitrogen and oxygen atoms in total. The van der Waals surface area contributed by atoms with Crippen molar-refractivity contribution in [1.82, 2.24) is 14.9 Å². The highest BCUT2D eigenvalue weighted by atomic mass is 32.1. The van der Waals surface area contributed by atoms with Crippen LogP contribution in [0.2, 0.25) is 0 Å². The van der Waals surface area contributed by atoms with Gasteiger partial charge in [-0.15, -0.1) is 11.3 Å². The van der Waals surface area contributed by atoms with Crippen molar-refractivity contribution in [2.75, 3.05) is 7.11 Å². The Morgan fingerprint density at radius 1 is 1.44 bits per heavy atom.